The number of rotatable bonds is 15. The molecule has 0 saturated heterocycles. The van der Waals surface area contributed by atoms with E-state index in [-0.39, 0.29) is 10.8 Å². The van der Waals surface area contributed by atoms with Crippen molar-refractivity contribution in [3.05, 3.63) is 107 Å². The molecule has 0 atom stereocenters. The predicted octanol–water partition coefficient (Wildman–Crippen LogP) is 13.7. The summed E-state index contributed by atoms with van der Waals surface area (Å²) in [6, 6.07) is 31.2. The lowest BCUT2D eigenvalue weighted by Crippen LogP contribution is -2.25. The molecule has 2 aliphatic carbocycles. The minimum Gasteiger partial charge on any atom is -0.0654 e. The van der Waals surface area contributed by atoms with Crippen LogP contribution in [0.3, 0.4) is 0 Å². The van der Waals surface area contributed by atoms with Crippen LogP contribution < -0.4 is 0 Å². The van der Waals surface area contributed by atoms with Crippen molar-refractivity contribution >= 4 is 0 Å². The highest BCUT2D eigenvalue weighted by Gasteiger charge is 2.42. The summed E-state index contributed by atoms with van der Waals surface area (Å²) in [7, 11) is 0. The van der Waals surface area contributed by atoms with Crippen LogP contribution in [0.4, 0.5) is 0 Å². The predicted molar refractivity (Wildman–Crippen MR) is 196 cm³/mol. The fourth-order valence-electron chi connectivity index (χ4n) is 8.74. The third kappa shape index (κ3) is 6.07. The molecule has 0 unspecified atom stereocenters. The first-order valence-corrected chi connectivity index (χ1v) is 18.4. The Morgan fingerprint density at radius 2 is 0.911 bits per heavy atom. The van der Waals surface area contributed by atoms with Crippen LogP contribution in [-0.2, 0) is 10.8 Å². The molecule has 0 heteroatoms. The van der Waals surface area contributed by atoms with Gasteiger partial charge in [-0.2, -0.15) is 0 Å². The van der Waals surface area contributed by atoms with E-state index in [2.05, 4.69) is 113 Å². The zero-order valence-electron chi connectivity index (χ0n) is 28.9. The number of hydrogen-bond acceptors (Lipinski definition) is 0. The molecule has 4 aromatic carbocycles. The lowest BCUT2D eigenvalue weighted by Gasteiger charge is -2.33. The molecule has 0 aromatic heterocycles. The van der Waals surface area contributed by atoms with Crippen LogP contribution in [0.1, 0.15) is 145 Å². The van der Waals surface area contributed by atoms with Gasteiger partial charge in [-0.15, -0.1) is 0 Å². The zero-order valence-corrected chi connectivity index (χ0v) is 28.9. The molecule has 236 valence electrons. The molecule has 0 aliphatic heterocycles. The van der Waals surface area contributed by atoms with Crippen molar-refractivity contribution in [2.75, 3.05) is 0 Å². The Bertz CT molecular complexity index is 1600. The maximum Gasteiger partial charge on any atom is 0.0215 e. The van der Waals surface area contributed by atoms with E-state index >= 15 is 0 Å². The first-order chi connectivity index (χ1) is 21.9. The molecule has 0 radical (unpaired) electrons. The van der Waals surface area contributed by atoms with Gasteiger partial charge in [0.15, 0.2) is 0 Å². The van der Waals surface area contributed by atoms with Gasteiger partial charge in [0.1, 0.15) is 0 Å². The van der Waals surface area contributed by atoms with Gasteiger partial charge in [0.05, 0.1) is 0 Å². The summed E-state index contributed by atoms with van der Waals surface area (Å²) < 4.78 is 0. The minimum absolute atomic E-state index is 0.0129. The zero-order chi connectivity index (χ0) is 31.4. The van der Waals surface area contributed by atoms with Crippen molar-refractivity contribution in [2.24, 2.45) is 0 Å². The Labute approximate surface area is 274 Å². The molecule has 0 bridgehead atoms. The maximum atomic E-state index is 2.62. The van der Waals surface area contributed by atoms with Gasteiger partial charge in [-0.3, -0.25) is 0 Å². The van der Waals surface area contributed by atoms with Crippen molar-refractivity contribution in [3.63, 3.8) is 0 Å². The second-order valence-electron chi connectivity index (χ2n) is 14.9. The van der Waals surface area contributed by atoms with Gasteiger partial charge in [0, 0.05) is 10.8 Å². The van der Waals surface area contributed by atoms with E-state index < -0.39 is 0 Å². The van der Waals surface area contributed by atoms with Gasteiger partial charge in [-0.25, -0.2) is 0 Å². The van der Waals surface area contributed by atoms with Crippen molar-refractivity contribution in [1.82, 2.24) is 0 Å². The van der Waals surface area contributed by atoms with Crippen molar-refractivity contribution < 1.29 is 0 Å². The quantitative estimate of drug-likeness (QED) is 0.120. The number of fused-ring (bicyclic) bond motifs is 6. The molecule has 0 amide bonds. The molecule has 4 aromatic rings. The van der Waals surface area contributed by atoms with E-state index in [1.165, 1.54) is 140 Å². The van der Waals surface area contributed by atoms with E-state index in [4.69, 9.17) is 0 Å². The van der Waals surface area contributed by atoms with E-state index in [1.807, 2.05) is 0 Å². The molecule has 0 nitrogen and oxygen atoms in total. The standard InChI is InChI=1S/C45H56/c1-6-8-10-12-14-18-28-45(29-19-15-13-11-9-7-2)40-21-17-16-20-36(40)39-27-24-35(32-43(39)45)34-23-26-38-37-25-22-33(3)30-41(37)44(4,5)42(38)31-34/h16-17,20-27,30-32H,6-15,18-19,28-29H2,1-5H3. The highest BCUT2D eigenvalue weighted by atomic mass is 14.5. The maximum absolute atomic E-state index is 2.62. The van der Waals surface area contributed by atoms with E-state index in [0.29, 0.717) is 0 Å². The lowest BCUT2D eigenvalue weighted by atomic mass is 9.70. The SMILES string of the molecule is CCCCCCCCC1(CCCCCCCC)c2ccccc2-c2ccc(-c3ccc4c(c3)C(C)(C)c3cc(C)ccc3-4)cc21. The molecular weight excluding hydrogens is 540 g/mol. The third-order valence-corrected chi connectivity index (χ3v) is 11.3. The van der Waals surface area contributed by atoms with E-state index in [9.17, 15) is 0 Å². The molecule has 0 heterocycles. The van der Waals surface area contributed by atoms with Crippen LogP contribution in [-0.4, -0.2) is 0 Å². The van der Waals surface area contributed by atoms with E-state index in [0.717, 1.165) is 0 Å². The summed E-state index contributed by atoms with van der Waals surface area (Å²) in [6.07, 6.45) is 18.8. The van der Waals surface area contributed by atoms with Crippen LogP contribution in [0.15, 0.2) is 78.9 Å². The molecule has 0 saturated carbocycles. The average Bonchev–Trinajstić information content (AvgIpc) is 3.45. The summed E-state index contributed by atoms with van der Waals surface area (Å²) in [5, 5.41) is 0. The number of hydrogen-bond donors (Lipinski definition) is 0. The molecule has 2 aliphatic rings. The highest BCUT2D eigenvalue weighted by Crippen LogP contribution is 2.55. The van der Waals surface area contributed by atoms with Crippen molar-refractivity contribution in [2.45, 2.75) is 135 Å². The second kappa shape index (κ2) is 13.7. The summed E-state index contributed by atoms with van der Waals surface area (Å²) >= 11 is 0. The Hall–Kier alpha value is -3.12. The molecular formula is C45H56. The second-order valence-corrected chi connectivity index (χ2v) is 14.9. The van der Waals surface area contributed by atoms with Gasteiger partial charge < -0.3 is 0 Å². The molecule has 45 heavy (non-hydrogen) atoms. The van der Waals surface area contributed by atoms with Gasteiger partial charge in [0.2, 0.25) is 0 Å². The van der Waals surface area contributed by atoms with Crippen LogP contribution in [0.25, 0.3) is 33.4 Å². The largest absolute Gasteiger partial charge is 0.0654 e. The summed E-state index contributed by atoms with van der Waals surface area (Å²) in [4.78, 5) is 0. The number of aryl methyl sites for hydroxylation is 1. The Kier molecular flexibility index (Phi) is 9.70. The fraction of sp³-hybridized carbons (Fsp3) is 0.467. The topological polar surface area (TPSA) is 0 Å². The first-order valence-electron chi connectivity index (χ1n) is 18.4. The average molecular weight is 597 g/mol. The molecule has 0 N–H and O–H groups in total. The van der Waals surface area contributed by atoms with Crippen LogP contribution in [0, 0.1) is 6.92 Å². The third-order valence-electron chi connectivity index (χ3n) is 11.3. The van der Waals surface area contributed by atoms with E-state index in [1.54, 1.807) is 11.1 Å². The van der Waals surface area contributed by atoms with Gasteiger partial charge in [0.25, 0.3) is 0 Å². The van der Waals surface area contributed by atoms with Crippen LogP contribution in [0.2, 0.25) is 0 Å². The number of benzene rings is 4. The fourth-order valence-corrected chi connectivity index (χ4v) is 8.74. The lowest BCUT2D eigenvalue weighted by molar-refractivity contribution is 0.398. The summed E-state index contributed by atoms with van der Waals surface area (Å²) in [6.45, 7) is 11.7. The van der Waals surface area contributed by atoms with Crippen molar-refractivity contribution in [3.8, 4) is 33.4 Å². The van der Waals surface area contributed by atoms with Crippen LogP contribution >= 0.6 is 0 Å². The Morgan fingerprint density at radius 1 is 0.444 bits per heavy atom. The van der Waals surface area contributed by atoms with Gasteiger partial charge in [-0.1, -0.05) is 177 Å². The molecule has 0 fully saturated rings. The summed E-state index contributed by atoms with van der Waals surface area (Å²) in [5.74, 6) is 0. The van der Waals surface area contributed by atoms with Gasteiger partial charge in [-0.05, 0) is 87.5 Å². The Morgan fingerprint density at radius 3 is 1.53 bits per heavy atom. The monoisotopic (exact) mass is 596 g/mol. The summed E-state index contributed by atoms with van der Waals surface area (Å²) in [5.41, 5.74) is 16.1. The molecule has 0 spiro atoms. The minimum atomic E-state index is 0.0129. The molecule has 6 rings (SSSR count). The highest BCUT2D eigenvalue weighted by molar-refractivity contribution is 5.86. The first kappa shape index (κ1) is 31.8. The van der Waals surface area contributed by atoms with Crippen LogP contribution in [0.5, 0.6) is 0 Å². The van der Waals surface area contributed by atoms with Crippen molar-refractivity contribution in [1.29, 1.82) is 0 Å². The smallest absolute Gasteiger partial charge is 0.0215 e. The Balaban J connectivity index is 1.36. The van der Waals surface area contributed by atoms with Gasteiger partial charge >= 0.3 is 0 Å². The normalized spacial score (nSPS) is 15.0. The number of unbranched alkanes of at least 4 members (excludes halogenated alkanes) is 10.